The molecule has 2 fully saturated rings. The molecule has 7 nitrogen and oxygen atoms in total. The first-order valence-corrected chi connectivity index (χ1v) is 10.2. The van der Waals surface area contributed by atoms with Crippen molar-refractivity contribution in [2.45, 2.75) is 50.0 Å². The molecule has 1 N–H and O–H groups in total. The number of hydrogen-bond donors (Lipinski definition) is 1. The number of aryl methyl sites for hydroxylation is 1. The summed E-state index contributed by atoms with van der Waals surface area (Å²) in [5.74, 6) is -1.43. The van der Waals surface area contributed by atoms with E-state index in [0.29, 0.717) is 12.2 Å². The number of nitrogens with zero attached hydrogens (tertiary/aromatic N) is 2. The summed E-state index contributed by atoms with van der Waals surface area (Å²) in [7, 11) is 0. The van der Waals surface area contributed by atoms with Crippen molar-refractivity contribution < 1.29 is 19.1 Å². The van der Waals surface area contributed by atoms with Gasteiger partial charge in [-0.15, -0.1) is 0 Å². The fraction of sp³-hybridized carbons (Fsp3) is 0.500. The molecule has 2 aliphatic rings. The van der Waals surface area contributed by atoms with Crippen LogP contribution in [0.15, 0.2) is 23.1 Å². The van der Waals surface area contributed by atoms with E-state index in [0.717, 1.165) is 47.9 Å². The van der Waals surface area contributed by atoms with E-state index in [9.17, 15) is 14.4 Å². The van der Waals surface area contributed by atoms with Gasteiger partial charge in [-0.2, -0.15) is 5.26 Å². The lowest BCUT2D eigenvalue weighted by Crippen LogP contribution is -2.35. The van der Waals surface area contributed by atoms with E-state index in [2.05, 4.69) is 5.32 Å². The molecule has 1 saturated heterocycles. The molecule has 1 aromatic carbocycles. The highest BCUT2D eigenvalue weighted by molar-refractivity contribution is 8.03. The second-order valence-electron chi connectivity index (χ2n) is 7.21. The maximum absolute atomic E-state index is 12.3. The average molecular weight is 401 g/mol. The van der Waals surface area contributed by atoms with Crippen LogP contribution in [0.2, 0.25) is 0 Å². The van der Waals surface area contributed by atoms with Gasteiger partial charge in [-0.05, 0) is 55.3 Å². The summed E-state index contributed by atoms with van der Waals surface area (Å²) < 4.78 is 5.14. The Hall–Kier alpha value is -2.53. The van der Waals surface area contributed by atoms with Crippen LogP contribution in [0.1, 0.15) is 37.7 Å². The van der Waals surface area contributed by atoms with E-state index >= 15 is 0 Å². The van der Waals surface area contributed by atoms with Crippen LogP contribution in [-0.2, 0) is 19.1 Å². The Morgan fingerprint density at radius 2 is 2.11 bits per heavy atom. The molecule has 28 heavy (non-hydrogen) atoms. The zero-order valence-corrected chi connectivity index (χ0v) is 16.6. The number of thiocyanates is 1. The number of hydrogen-bond acceptors (Lipinski definition) is 6. The van der Waals surface area contributed by atoms with Gasteiger partial charge in [0.1, 0.15) is 5.40 Å². The summed E-state index contributed by atoms with van der Waals surface area (Å²) in [6, 6.07) is 5.50. The van der Waals surface area contributed by atoms with Crippen LogP contribution in [0.3, 0.4) is 0 Å². The summed E-state index contributed by atoms with van der Waals surface area (Å²) in [5, 5.41) is 13.4. The second kappa shape index (κ2) is 9.11. The quantitative estimate of drug-likeness (QED) is 0.447. The van der Waals surface area contributed by atoms with Crippen molar-refractivity contribution in [2.75, 3.05) is 18.5 Å². The molecule has 1 saturated carbocycles. The van der Waals surface area contributed by atoms with E-state index in [1.165, 1.54) is 0 Å². The molecular weight excluding hydrogens is 378 g/mol. The van der Waals surface area contributed by atoms with E-state index in [4.69, 9.17) is 10.00 Å². The summed E-state index contributed by atoms with van der Waals surface area (Å²) in [5.41, 5.74) is 1.42. The van der Waals surface area contributed by atoms with Gasteiger partial charge in [0.05, 0.1) is 5.92 Å². The van der Waals surface area contributed by atoms with E-state index in [1.807, 2.05) is 17.2 Å². The Labute approximate surface area is 168 Å². The van der Waals surface area contributed by atoms with Crippen LogP contribution in [0.25, 0.3) is 0 Å². The van der Waals surface area contributed by atoms with Crippen molar-refractivity contribution in [3.05, 3.63) is 23.8 Å². The minimum Gasteiger partial charge on any atom is -0.455 e. The number of likely N-dealkylation sites (tertiary alicyclic amines) is 1. The molecular formula is C20H23N3O4S. The molecule has 3 rings (SSSR count). The van der Waals surface area contributed by atoms with Crippen molar-refractivity contribution >= 4 is 35.2 Å². The van der Waals surface area contributed by atoms with Crippen LogP contribution in [-0.4, -0.2) is 41.9 Å². The smallest absolute Gasteiger partial charge is 0.311 e. The van der Waals surface area contributed by atoms with Crippen molar-refractivity contribution in [1.82, 2.24) is 4.90 Å². The van der Waals surface area contributed by atoms with Gasteiger partial charge in [-0.25, -0.2) is 0 Å². The molecule has 8 heteroatoms. The minimum atomic E-state index is -0.499. The number of esters is 1. The third kappa shape index (κ3) is 4.84. The number of benzene rings is 1. The molecule has 0 radical (unpaired) electrons. The highest BCUT2D eigenvalue weighted by atomic mass is 32.2. The second-order valence-corrected chi connectivity index (χ2v) is 8.07. The monoisotopic (exact) mass is 401 g/mol. The van der Waals surface area contributed by atoms with Crippen LogP contribution in [0.5, 0.6) is 0 Å². The van der Waals surface area contributed by atoms with Gasteiger partial charge in [0.25, 0.3) is 5.91 Å². The Morgan fingerprint density at radius 1 is 1.36 bits per heavy atom. The van der Waals surface area contributed by atoms with Crippen molar-refractivity contribution in [1.29, 1.82) is 5.26 Å². The van der Waals surface area contributed by atoms with Gasteiger partial charge in [-0.1, -0.05) is 12.8 Å². The number of rotatable bonds is 6. The maximum Gasteiger partial charge on any atom is 0.311 e. The van der Waals surface area contributed by atoms with Gasteiger partial charge in [0.2, 0.25) is 5.91 Å². The standard InChI is InChI=1S/C20H23N3O4S/c1-13-8-16(28-12-21)6-7-17(13)22-18(24)11-27-20(26)14-9-19(25)23(10-14)15-4-2-3-5-15/h6-8,14-15H,2-5,9-11H2,1H3,(H,22,24)/t14-/m1/s1. The van der Waals surface area contributed by atoms with Gasteiger partial charge in [-0.3, -0.25) is 14.4 Å². The molecule has 1 aromatic rings. The van der Waals surface area contributed by atoms with Gasteiger partial charge in [0.15, 0.2) is 6.61 Å². The first kappa shape index (κ1) is 20.2. The number of ether oxygens (including phenoxy) is 1. The van der Waals surface area contributed by atoms with Crippen LogP contribution < -0.4 is 5.32 Å². The number of carbonyl (C=O) groups excluding carboxylic acids is 3. The van der Waals surface area contributed by atoms with E-state index < -0.39 is 17.8 Å². The van der Waals surface area contributed by atoms with Gasteiger partial charge < -0.3 is 15.0 Å². The molecule has 0 unspecified atom stereocenters. The lowest BCUT2D eigenvalue weighted by Gasteiger charge is -2.23. The maximum atomic E-state index is 12.3. The Kier molecular flexibility index (Phi) is 6.57. The normalized spacial score (nSPS) is 19.5. The number of thioether (sulfide) groups is 1. The number of amides is 2. The van der Waals surface area contributed by atoms with E-state index in [1.54, 1.807) is 18.2 Å². The van der Waals surface area contributed by atoms with Crippen molar-refractivity contribution in [3.63, 3.8) is 0 Å². The SMILES string of the molecule is Cc1cc(SC#N)ccc1NC(=O)COC(=O)[C@@H]1CC(=O)N(C2CCCC2)C1. The minimum absolute atomic E-state index is 0.00394. The number of anilines is 1. The Bertz CT molecular complexity index is 814. The zero-order chi connectivity index (χ0) is 20.1. The molecule has 1 aliphatic heterocycles. The fourth-order valence-electron chi connectivity index (χ4n) is 3.79. The van der Waals surface area contributed by atoms with Crippen molar-refractivity contribution in [2.24, 2.45) is 5.92 Å². The first-order valence-electron chi connectivity index (χ1n) is 9.40. The van der Waals surface area contributed by atoms with E-state index in [-0.39, 0.29) is 25.0 Å². The number of carbonyl (C=O) groups is 3. The molecule has 1 heterocycles. The lowest BCUT2D eigenvalue weighted by molar-refractivity contribution is -0.151. The predicted molar refractivity (Wildman–Crippen MR) is 104 cm³/mol. The predicted octanol–water partition coefficient (Wildman–Crippen LogP) is 2.84. The fourth-order valence-corrected chi connectivity index (χ4v) is 4.27. The largest absolute Gasteiger partial charge is 0.455 e. The van der Waals surface area contributed by atoms with Crippen LogP contribution in [0.4, 0.5) is 5.69 Å². The lowest BCUT2D eigenvalue weighted by atomic mass is 10.1. The molecule has 1 atom stereocenters. The molecule has 0 bridgehead atoms. The third-order valence-corrected chi connectivity index (χ3v) is 5.82. The summed E-state index contributed by atoms with van der Waals surface area (Å²) in [6.07, 6.45) is 4.41. The average Bonchev–Trinajstić information content (AvgIpc) is 3.31. The number of nitriles is 1. The Morgan fingerprint density at radius 3 is 2.79 bits per heavy atom. The Balaban J connectivity index is 1.47. The summed E-state index contributed by atoms with van der Waals surface area (Å²) in [6.45, 7) is 1.83. The molecule has 148 valence electrons. The van der Waals surface area contributed by atoms with Crippen LogP contribution in [0, 0.1) is 23.5 Å². The zero-order valence-electron chi connectivity index (χ0n) is 15.8. The van der Waals surface area contributed by atoms with Crippen molar-refractivity contribution in [3.8, 4) is 5.40 Å². The third-order valence-electron chi connectivity index (χ3n) is 5.24. The molecule has 1 aliphatic carbocycles. The van der Waals surface area contributed by atoms with Crippen LogP contribution >= 0.6 is 11.8 Å². The first-order chi connectivity index (χ1) is 13.5. The topological polar surface area (TPSA) is 99.5 Å². The summed E-state index contributed by atoms with van der Waals surface area (Å²) >= 11 is 1.05. The summed E-state index contributed by atoms with van der Waals surface area (Å²) in [4.78, 5) is 39.2. The number of nitrogens with one attached hydrogen (secondary N) is 1. The van der Waals surface area contributed by atoms with Gasteiger partial charge in [0, 0.05) is 29.6 Å². The molecule has 0 aromatic heterocycles. The van der Waals surface area contributed by atoms with Gasteiger partial charge >= 0.3 is 5.97 Å². The molecule has 0 spiro atoms. The molecule has 2 amide bonds. The highest BCUT2D eigenvalue weighted by Gasteiger charge is 2.39. The highest BCUT2D eigenvalue weighted by Crippen LogP contribution is 2.30.